The maximum Gasteiger partial charge on any atom is 0.227 e. The van der Waals surface area contributed by atoms with E-state index in [0.29, 0.717) is 0 Å². The van der Waals surface area contributed by atoms with Crippen LogP contribution in [0.15, 0.2) is 22.7 Å². The number of aliphatic hydroxyl groups is 2. The Balaban J connectivity index is 3.29. The number of hydrogen-bond donors (Lipinski definition) is 2. The number of aliphatic hydroxyl groups excluding tert-OH is 2. The lowest BCUT2D eigenvalue weighted by Gasteiger charge is -2.13. The summed E-state index contributed by atoms with van der Waals surface area (Å²) < 4.78 is 0. The number of carbonyl (C=O) groups is 2. The van der Waals surface area contributed by atoms with Gasteiger partial charge in [-0.05, 0) is 13.3 Å². The van der Waals surface area contributed by atoms with Crippen molar-refractivity contribution in [2.24, 2.45) is 0 Å². The lowest BCUT2D eigenvalue weighted by molar-refractivity contribution is -0.120. The second-order valence-electron chi connectivity index (χ2n) is 2.81. The fraction of sp³-hybridized carbons (Fsp3) is 0.333. The van der Waals surface area contributed by atoms with Crippen molar-refractivity contribution in [2.75, 3.05) is 0 Å². The van der Waals surface area contributed by atoms with E-state index >= 15 is 0 Å². The molecule has 0 radical (unpaired) electrons. The van der Waals surface area contributed by atoms with E-state index in [4.69, 9.17) is 0 Å². The van der Waals surface area contributed by atoms with E-state index in [1.807, 2.05) is 0 Å². The zero-order valence-corrected chi connectivity index (χ0v) is 7.42. The molecule has 1 aliphatic rings. The maximum atomic E-state index is 11.2. The molecular formula is C9H10O4. The van der Waals surface area contributed by atoms with Crippen molar-refractivity contribution in [3.63, 3.8) is 0 Å². The minimum Gasteiger partial charge on any atom is -0.504 e. The van der Waals surface area contributed by atoms with Gasteiger partial charge in [0.05, 0.1) is 0 Å². The molecule has 0 unspecified atom stereocenters. The molecule has 4 heteroatoms. The Labute approximate surface area is 75.2 Å². The van der Waals surface area contributed by atoms with Gasteiger partial charge in [-0.1, -0.05) is 6.92 Å². The molecular weight excluding hydrogens is 172 g/mol. The molecule has 0 saturated heterocycles. The van der Waals surface area contributed by atoms with Crippen LogP contribution >= 0.6 is 0 Å². The van der Waals surface area contributed by atoms with Crippen LogP contribution in [0.4, 0.5) is 0 Å². The van der Waals surface area contributed by atoms with Crippen LogP contribution in [0.25, 0.3) is 0 Å². The maximum absolute atomic E-state index is 11.2. The number of carbonyl (C=O) groups excluding carboxylic acids is 2. The van der Waals surface area contributed by atoms with Gasteiger partial charge in [-0.15, -0.1) is 0 Å². The first-order valence-electron chi connectivity index (χ1n) is 3.92. The molecule has 4 nitrogen and oxygen atoms in total. The molecule has 0 saturated carbocycles. The SMILES string of the molecule is CCC1=C(O)C(=O)C(C)=C(O)C1=O. The predicted octanol–water partition coefficient (Wildman–Crippen LogP) is 1.19. The average Bonchev–Trinajstić information content (AvgIpc) is 2.13. The molecule has 0 fully saturated rings. The summed E-state index contributed by atoms with van der Waals surface area (Å²) >= 11 is 0. The Hall–Kier alpha value is -1.58. The second-order valence-corrected chi connectivity index (χ2v) is 2.81. The predicted molar refractivity (Wildman–Crippen MR) is 45.3 cm³/mol. The van der Waals surface area contributed by atoms with E-state index in [1.165, 1.54) is 6.92 Å². The summed E-state index contributed by atoms with van der Waals surface area (Å²) in [6.07, 6.45) is 0.230. The highest BCUT2D eigenvalue weighted by molar-refractivity contribution is 6.22. The van der Waals surface area contributed by atoms with Gasteiger partial charge in [0.15, 0.2) is 11.5 Å². The lowest BCUT2D eigenvalue weighted by Crippen LogP contribution is -2.22. The van der Waals surface area contributed by atoms with E-state index in [0.717, 1.165) is 0 Å². The van der Waals surface area contributed by atoms with Crippen LogP contribution in [-0.2, 0) is 9.59 Å². The molecule has 0 bridgehead atoms. The summed E-state index contributed by atoms with van der Waals surface area (Å²) in [6.45, 7) is 2.93. The van der Waals surface area contributed by atoms with Crippen LogP contribution in [0.3, 0.4) is 0 Å². The molecule has 13 heavy (non-hydrogen) atoms. The Kier molecular flexibility index (Phi) is 2.23. The fourth-order valence-electron chi connectivity index (χ4n) is 1.17. The number of allylic oxidation sites excluding steroid dienone is 2. The average molecular weight is 182 g/mol. The third kappa shape index (κ3) is 1.24. The minimum absolute atomic E-state index is 0.0203. The van der Waals surface area contributed by atoms with Gasteiger partial charge in [0.1, 0.15) is 0 Å². The Morgan fingerprint density at radius 2 is 1.62 bits per heavy atom. The summed E-state index contributed by atoms with van der Waals surface area (Å²) in [6, 6.07) is 0. The number of ketones is 2. The van der Waals surface area contributed by atoms with Crippen molar-refractivity contribution in [2.45, 2.75) is 20.3 Å². The molecule has 0 atom stereocenters. The molecule has 0 aromatic heterocycles. The van der Waals surface area contributed by atoms with E-state index in [2.05, 4.69) is 0 Å². The van der Waals surface area contributed by atoms with Crippen LogP contribution < -0.4 is 0 Å². The van der Waals surface area contributed by atoms with E-state index in [1.54, 1.807) is 6.92 Å². The second kappa shape index (κ2) is 3.05. The highest BCUT2D eigenvalue weighted by atomic mass is 16.3. The highest BCUT2D eigenvalue weighted by Crippen LogP contribution is 2.23. The van der Waals surface area contributed by atoms with Crippen molar-refractivity contribution in [1.82, 2.24) is 0 Å². The van der Waals surface area contributed by atoms with Gasteiger partial charge in [0.25, 0.3) is 0 Å². The van der Waals surface area contributed by atoms with Gasteiger partial charge in [0.2, 0.25) is 11.6 Å². The summed E-state index contributed by atoms with van der Waals surface area (Å²) in [7, 11) is 0. The smallest absolute Gasteiger partial charge is 0.227 e. The van der Waals surface area contributed by atoms with Crippen LogP contribution in [0.5, 0.6) is 0 Å². The van der Waals surface area contributed by atoms with Crippen LogP contribution in [0.2, 0.25) is 0 Å². The first-order chi connectivity index (χ1) is 6.00. The van der Waals surface area contributed by atoms with E-state index in [9.17, 15) is 19.8 Å². The summed E-state index contributed by atoms with van der Waals surface area (Å²) in [4.78, 5) is 22.4. The number of rotatable bonds is 1. The van der Waals surface area contributed by atoms with Crippen molar-refractivity contribution >= 4 is 11.6 Å². The van der Waals surface area contributed by atoms with Crippen molar-refractivity contribution in [3.05, 3.63) is 22.7 Å². The van der Waals surface area contributed by atoms with Crippen LogP contribution in [0, 0.1) is 0 Å². The van der Waals surface area contributed by atoms with Gasteiger partial charge in [-0.25, -0.2) is 0 Å². The monoisotopic (exact) mass is 182 g/mol. The number of Topliss-reactive ketones (excluding diaryl/α,β-unsaturated/α-hetero) is 2. The van der Waals surface area contributed by atoms with Crippen LogP contribution in [0.1, 0.15) is 20.3 Å². The molecule has 0 aliphatic heterocycles. The number of hydrogen-bond acceptors (Lipinski definition) is 4. The van der Waals surface area contributed by atoms with E-state index < -0.39 is 23.1 Å². The van der Waals surface area contributed by atoms with Crippen molar-refractivity contribution in [3.8, 4) is 0 Å². The topological polar surface area (TPSA) is 74.6 Å². The molecule has 0 spiro atoms. The third-order valence-electron chi connectivity index (χ3n) is 2.04. The molecule has 0 heterocycles. The minimum atomic E-state index is -0.672. The van der Waals surface area contributed by atoms with Crippen molar-refractivity contribution < 1.29 is 19.8 Å². The van der Waals surface area contributed by atoms with Gasteiger partial charge >= 0.3 is 0 Å². The Morgan fingerprint density at radius 3 is 2.08 bits per heavy atom. The molecule has 0 aromatic carbocycles. The highest BCUT2D eigenvalue weighted by Gasteiger charge is 2.31. The summed E-state index contributed by atoms with van der Waals surface area (Å²) in [5.41, 5.74) is -0.118. The largest absolute Gasteiger partial charge is 0.504 e. The quantitative estimate of drug-likeness (QED) is 0.597. The molecule has 1 rings (SSSR count). The van der Waals surface area contributed by atoms with E-state index in [-0.39, 0.29) is 17.6 Å². The standard InChI is InChI=1S/C9H10O4/c1-3-5-8(12)6(10)4(2)7(11)9(5)13/h10,13H,3H2,1-2H3. The first-order valence-corrected chi connectivity index (χ1v) is 3.92. The summed E-state index contributed by atoms with van der Waals surface area (Å²) in [5.74, 6) is -2.42. The Bertz CT molecular complexity index is 347. The molecule has 0 amide bonds. The van der Waals surface area contributed by atoms with Gasteiger partial charge in [-0.3, -0.25) is 9.59 Å². The fourth-order valence-corrected chi connectivity index (χ4v) is 1.17. The molecule has 70 valence electrons. The van der Waals surface area contributed by atoms with Crippen LogP contribution in [-0.4, -0.2) is 21.8 Å². The molecule has 2 N–H and O–H groups in total. The first kappa shape index (κ1) is 9.51. The van der Waals surface area contributed by atoms with Gasteiger partial charge < -0.3 is 10.2 Å². The molecule has 1 aliphatic carbocycles. The van der Waals surface area contributed by atoms with Crippen molar-refractivity contribution in [1.29, 1.82) is 0 Å². The van der Waals surface area contributed by atoms with Gasteiger partial charge in [-0.2, -0.15) is 0 Å². The zero-order chi connectivity index (χ0) is 10.2. The normalized spacial score (nSPS) is 18.6. The zero-order valence-electron chi connectivity index (χ0n) is 7.42. The third-order valence-corrected chi connectivity index (χ3v) is 2.04. The summed E-state index contributed by atoms with van der Waals surface area (Å²) in [5, 5.41) is 18.5. The lowest BCUT2D eigenvalue weighted by atomic mass is 9.93. The molecule has 0 aromatic rings. The Morgan fingerprint density at radius 1 is 1.08 bits per heavy atom. The van der Waals surface area contributed by atoms with Gasteiger partial charge in [0, 0.05) is 11.1 Å².